The van der Waals surface area contributed by atoms with Crippen LogP contribution in [0.15, 0.2) is 24.3 Å². The number of hydrogen-bond acceptors (Lipinski definition) is 3. The second-order valence-corrected chi connectivity index (χ2v) is 11.9. The van der Waals surface area contributed by atoms with Gasteiger partial charge in [0, 0.05) is 31.2 Å². The molecule has 120 valence electrons. The molecule has 4 heteroatoms. The standard InChI is InChI=1S/C18H28N2OSi/c1-19-18(14-20-10-8-17(21)13-20)16-7-5-6-15(12-16)9-11-22(2,3)4/h5-7,12,17-19,21H,8,10,13-14H2,1-4H3/t17-,18-/m0/s1. The maximum atomic E-state index is 9.67. The lowest BCUT2D eigenvalue weighted by molar-refractivity contribution is 0.173. The number of nitrogens with one attached hydrogen (secondary N) is 1. The first-order valence-electron chi connectivity index (χ1n) is 8.08. The van der Waals surface area contributed by atoms with Crippen LogP contribution in [0.1, 0.15) is 23.6 Å². The van der Waals surface area contributed by atoms with Gasteiger partial charge in [0.2, 0.25) is 0 Å². The van der Waals surface area contributed by atoms with E-state index < -0.39 is 8.07 Å². The predicted octanol–water partition coefficient (Wildman–Crippen LogP) is 2.24. The van der Waals surface area contributed by atoms with Crippen molar-refractivity contribution in [2.75, 3.05) is 26.7 Å². The molecule has 1 fully saturated rings. The number of aliphatic hydroxyl groups excluding tert-OH is 1. The molecule has 0 aliphatic carbocycles. The molecule has 1 aromatic carbocycles. The highest BCUT2D eigenvalue weighted by atomic mass is 28.3. The van der Waals surface area contributed by atoms with Crippen molar-refractivity contribution in [3.05, 3.63) is 35.4 Å². The van der Waals surface area contributed by atoms with Gasteiger partial charge in [-0.05, 0) is 31.2 Å². The van der Waals surface area contributed by atoms with Crippen molar-refractivity contribution in [2.45, 2.75) is 38.2 Å². The van der Waals surface area contributed by atoms with E-state index in [9.17, 15) is 5.11 Å². The fourth-order valence-electron chi connectivity index (χ4n) is 2.69. The van der Waals surface area contributed by atoms with E-state index in [2.05, 4.69) is 65.6 Å². The summed E-state index contributed by atoms with van der Waals surface area (Å²) < 4.78 is 0. The average molecular weight is 317 g/mol. The topological polar surface area (TPSA) is 35.5 Å². The molecule has 2 rings (SSSR count). The minimum atomic E-state index is -1.34. The van der Waals surface area contributed by atoms with Crippen LogP contribution in [-0.4, -0.2) is 50.9 Å². The minimum absolute atomic E-state index is 0.161. The summed E-state index contributed by atoms with van der Waals surface area (Å²) in [6, 6.07) is 8.81. The summed E-state index contributed by atoms with van der Waals surface area (Å²) in [6.45, 7) is 9.48. The molecule has 2 atom stereocenters. The number of aliphatic hydroxyl groups is 1. The van der Waals surface area contributed by atoms with Gasteiger partial charge in [0.15, 0.2) is 0 Å². The molecule has 0 amide bonds. The fraction of sp³-hybridized carbons (Fsp3) is 0.556. The van der Waals surface area contributed by atoms with Gasteiger partial charge >= 0.3 is 0 Å². The van der Waals surface area contributed by atoms with Gasteiger partial charge in [-0.25, -0.2) is 0 Å². The first kappa shape index (κ1) is 17.2. The van der Waals surface area contributed by atoms with Crippen LogP contribution in [-0.2, 0) is 0 Å². The van der Waals surface area contributed by atoms with Crippen molar-refractivity contribution in [2.24, 2.45) is 0 Å². The number of likely N-dealkylation sites (tertiary alicyclic amines) is 1. The van der Waals surface area contributed by atoms with Crippen LogP contribution < -0.4 is 5.32 Å². The van der Waals surface area contributed by atoms with Gasteiger partial charge in [0.05, 0.1) is 6.10 Å². The highest BCUT2D eigenvalue weighted by Gasteiger charge is 2.23. The van der Waals surface area contributed by atoms with Gasteiger partial charge in [-0.1, -0.05) is 37.7 Å². The third-order valence-electron chi connectivity index (χ3n) is 3.91. The molecule has 2 N–H and O–H groups in total. The van der Waals surface area contributed by atoms with Crippen LogP contribution in [0.25, 0.3) is 0 Å². The summed E-state index contributed by atoms with van der Waals surface area (Å²) in [4.78, 5) is 2.33. The number of likely N-dealkylation sites (N-methyl/N-ethyl adjacent to an activating group) is 1. The molecule has 22 heavy (non-hydrogen) atoms. The largest absolute Gasteiger partial charge is 0.392 e. The summed E-state index contributed by atoms with van der Waals surface area (Å²) >= 11 is 0. The average Bonchev–Trinajstić information content (AvgIpc) is 2.87. The van der Waals surface area contributed by atoms with Crippen LogP contribution >= 0.6 is 0 Å². The molecule has 0 spiro atoms. The van der Waals surface area contributed by atoms with Crippen molar-refractivity contribution < 1.29 is 5.11 Å². The van der Waals surface area contributed by atoms with E-state index >= 15 is 0 Å². The zero-order valence-electron chi connectivity index (χ0n) is 14.2. The quantitative estimate of drug-likeness (QED) is 0.660. The molecule has 1 aromatic rings. The van der Waals surface area contributed by atoms with E-state index in [1.807, 2.05) is 7.05 Å². The maximum Gasteiger partial charge on any atom is 0.129 e. The Morgan fingerprint density at radius 2 is 2.18 bits per heavy atom. The van der Waals surface area contributed by atoms with Crippen molar-refractivity contribution in [3.8, 4) is 11.5 Å². The molecular weight excluding hydrogens is 288 g/mol. The van der Waals surface area contributed by atoms with Gasteiger partial charge in [0.25, 0.3) is 0 Å². The summed E-state index contributed by atoms with van der Waals surface area (Å²) in [5.41, 5.74) is 5.79. The third kappa shape index (κ3) is 5.26. The Hall–Kier alpha value is -1.12. The van der Waals surface area contributed by atoms with E-state index in [1.54, 1.807) is 0 Å². The van der Waals surface area contributed by atoms with Gasteiger partial charge < -0.3 is 10.4 Å². The summed E-state index contributed by atoms with van der Waals surface area (Å²) in [5, 5.41) is 13.1. The molecule has 0 aromatic heterocycles. The maximum absolute atomic E-state index is 9.67. The monoisotopic (exact) mass is 316 g/mol. The van der Waals surface area contributed by atoms with Gasteiger partial charge in [0.1, 0.15) is 8.07 Å². The Balaban J connectivity index is 2.10. The molecular formula is C18H28N2OSi. The van der Waals surface area contributed by atoms with E-state index in [1.165, 1.54) is 5.56 Å². The Kier molecular flexibility index (Phi) is 5.82. The second kappa shape index (κ2) is 7.43. The zero-order valence-corrected chi connectivity index (χ0v) is 15.2. The summed E-state index contributed by atoms with van der Waals surface area (Å²) in [5.74, 6) is 3.33. The Labute approximate surface area is 135 Å². The molecule has 0 bridgehead atoms. The Morgan fingerprint density at radius 3 is 2.77 bits per heavy atom. The van der Waals surface area contributed by atoms with Gasteiger partial charge in [-0.15, -0.1) is 5.54 Å². The Bertz CT molecular complexity index is 556. The first-order chi connectivity index (χ1) is 10.4. The fourth-order valence-corrected chi connectivity index (χ4v) is 3.21. The van der Waals surface area contributed by atoms with Crippen LogP contribution in [0.3, 0.4) is 0 Å². The SMILES string of the molecule is CN[C@@H](CN1CC[C@H](O)C1)c1cccc(C#C[Si](C)(C)C)c1. The molecule has 1 aliphatic heterocycles. The Morgan fingerprint density at radius 1 is 1.41 bits per heavy atom. The smallest absolute Gasteiger partial charge is 0.129 e. The van der Waals surface area contributed by atoms with E-state index in [0.29, 0.717) is 0 Å². The molecule has 1 aliphatic rings. The van der Waals surface area contributed by atoms with Crippen LogP contribution in [0.2, 0.25) is 19.6 Å². The van der Waals surface area contributed by atoms with Crippen molar-refractivity contribution >= 4 is 8.07 Å². The van der Waals surface area contributed by atoms with Crippen molar-refractivity contribution in [3.63, 3.8) is 0 Å². The van der Waals surface area contributed by atoms with E-state index in [0.717, 1.165) is 31.6 Å². The van der Waals surface area contributed by atoms with Crippen LogP contribution in [0.5, 0.6) is 0 Å². The third-order valence-corrected chi connectivity index (χ3v) is 4.78. The minimum Gasteiger partial charge on any atom is -0.392 e. The number of β-amino-alcohol motifs (C(OH)–C–C–N with tert-alkyl or cyclic N) is 1. The lowest BCUT2D eigenvalue weighted by atomic mass is 10.0. The predicted molar refractivity (Wildman–Crippen MR) is 95.5 cm³/mol. The molecule has 1 saturated heterocycles. The molecule has 0 unspecified atom stereocenters. The van der Waals surface area contributed by atoms with E-state index in [-0.39, 0.29) is 12.1 Å². The normalized spacial score (nSPS) is 20.5. The highest BCUT2D eigenvalue weighted by Crippen LogP contribution is 2.18. The second-order valence-electron chi connectivity index (χ2n) is 7.17. The van der Waals surface area contributed by atoms with Gasteiger partial charge in [-0.2, -0.15) is 0 Å². The van der Waals surface area contributed by atoms with Crippen molar-refractivity contribution in [1.29, 1.82) is 0 Å². The zero-order chi connectivity index (χ0) is 16.2. The number of rotatable bonds is 4. The number of nitrogens with zero attached hydrogens (tertiary/aromatic N) is 1. The molecule has 3 nitrogen and oxygen atoms in total. The van der Waals surface area contributed by atoms with Crippen LogP contribution in [0, 0.1) is 11.5 Å². The lowest BCUT2D eigenvalue weighted by Crippen LogP contribution is -2.33. The first-order valence-corrected chi connectivity index (χ1v) is 11.6. The number of hydrogen-bond donors (Lipinski definition) is 2. The molecule has 0 radical (unpaired) electrons. The highest BCUT2D eigenvalue weighted by molar-refractivity contribution is 6.83. The lowest BCUT2D eigenvalue weighted by Gasteiger charge is -2.23. The van der Waals surface area contributed by atoms with E-state index in [4.69, 9.17) is 0 Å². The van der Waals surface area contributed by atoms with Crippen LogP contribution in [0.4, 0.5) is 0 Å². The van der Waals surface area contributed by atoms with Gasteiger partial charge in [-0.3, -0.25) is 4.90 Å². The molecule has 0 saturated carbocycles. The summed E-state index contributed by atoms with van der Waals surface area (Å²) in [6.07, 6.45) is 0.726. The molecule has 1 heterocycles. The number of benzene rings is 1. The van der Waals surface area contributed by atoms with Crippen molar-refractivity contribution in [1.82, 2.24) is 10.2 Å². The summed E-state index contributed by atoms with van der Waals surface area (Å²) in [7, 11) is 0.655.